The van der Waals surface area contributed by atoms with Crippen LogP contribution in [0.2, 0.25) is 5.02 Å². The van der Waals surface area contributed by atoms with Crippen molar-refractivity contribution in [3.63, 3.8) is 0 Å². The Hall–Kier alpha value is -2.18. The Morgan fingerprint density at radius 1 is 1.10 bits per heavy atom. The number of amides is 3. The summed E-state index contributed by atoms with van der Waals surface area (Å²) >= 11 is 9.59. The maximum Gasteiger partial charge on any atom is 0.244 e. The zero-order valence-electron chi connectivity index (χ0n) is 17.0. The normalized spacial score (nSPS) is 28.9. The van der Waals surface area contributed by atoms with Crippen LogP contribution in [0.1, 0.15) is 29.9 Å². The standard InChI is InChI=1S/C24H22BrClN2O3/c1-12-18(8-7-17(25)22(12)26)27-19(29)11-28-23(30)20-14-9-15(13-5-3-2-4-6-13)16(10-14)21(20)24(28)31/h2-8,14-16,20-21H,9-11H2,1H3,(H,27,29)/t14-,15+,16-,20+,21+/m1/s1. The van der Waals surface area contributed by atoms with Crippen LogP contribution in [-0.2, 0) is 14.4 Å². The largest absolute Gasteiger partial charge is 0.324 e. The second-order valence-corrected chi connectivity index (χ2v) is 10.0. The minimum atomic E-state index is -0.393. The van der Waals surface area contributed by atoms with E-state index < -0.39 is 5.91 Å². The first-order chi connectivity index (χ1) is 14.9. The molecule has 0 unspecified atom stereocenters. The maximum atomic E-state index is 13.2. The van der Waals surface area contributed by atoms with Crippen LogP contribution in [0.15, 0.2) is 46.9 Å². The molecule has 0 aromatic heterocycles. The zero-order chi connectivity index (χ0) is 21.9. The highest BCUT2D eigenvalue weighted by molar-refractivity contribution is 9.10. The monoisotopic (exact) mass is 500 g/mol. The van der Waals surface area contributed by atoms with Gasteiger partial charge in [0, 0.05) is 10.2 Å². The number of nitrogens with zero attached hydrogens (tertiary/aromatic N) is 1. The molecule has 1 saturated heterocycles. The average Bonchev–Trinajstić information content (AvgIpc) is 3.43. The Bertz CT molecular complexity index is 1090. The van der Waals surface area contributed by atoms with Crippen LogP contribution in [0.5, 0.6) is 0 Å². The summed E-state index contributed by atoms with van der Waals surface area (Å²) in [6.45, 7) is 1.55. The Morgan fingerprint density at radius 2 is 1.81 bits per heavy atom. The van der Waals surface area contributed by atoms with Gasteiger partial charge in [-0.15, -0.1) is 0 Å². The first-order valence-corrected chi connectivity index (χ1v) is 11.7. The van der Waals surface area contributed by atoms with E-state index in [1.54, 1.807) is 19.1 Å². The van der Waals surface area contributed by atoms with E-state index in [0.29, 0.717) is 16.6 Å². The lowest BCUT2D eigenvalue weighted by atomic mass is 9.73. The molecular formula is C24H22BrClN2O3. The number of hydrogen-bond acceptors (Lipinski definition) is 3. The Balaban J connectivity index is 1.32. The number of rotatable bonds is 4. The van der Waals surface area contributed by atoms with Gasteiger partial charge in [-0.25, -0.2) is 0 Å². The highest BCUT2D eigenvalue weighted by Crippen LogP contribution is 2.61. The number of fused-ring (bicyclic) bond motifs is 5. The molecule has 2 saturated carbocycles. The molecule has 1 N–H and O–H groups in total. The highest BCUT2D eigenvalue weighted by Gasteiger charge is 2.63. The first-order valence-electron chi connectivity index (χ1n) is 10.5. The molecule has 1 heterocycles. The van der Waals surface area contributed by atoms with Crippen molar-refractivity contribution in [3.05, 3.63) is 63.1 Å². The number of carbonyl (C=O) groups excluding carboxylic acids is 3. The average molecular weight is 502 g/mol. The van der Waals surface area contributed by atoms with Gasteiger partial charge < -0.3 is 5.32 Å². The molecule has 1 aliphatic heterocycles. The summed E-state index contributed by atoms with van der Waals surface area (Å²) in [6, 6.07) is 13.8. The lowest BCUT2D eigenvalue weighted by Crippen LogP contribution is -2.39. The van der Waals surface area contributed by atoms with Crippen molar-refractivity contribution in [2.45, 2.75) is 25.7 Å². The third kappa shape index (κ3) is 3.31. The van der Waals surface area contributed by atoms with E-state index in [2.05, 4.69) is 33.4 Å². The Labute approximate surface area is 194 Å². The second kappa shape index (κ2) is 7.75. The maximum absolute atomic E-state index is 13.2. The second-order valence-electron chi connectivity index (χ2n) is 8.81. The fraction of sp³-hybridized carbons (Fsp3) is 0.375. The van der Waals surface area contributed by atoms with Crippen molar-refractivity contribution < 1.29 is 14.4 Å². The van der Waals surface area contributed by atoms with Crippen molar-refractivity contribution in [1.29, 1.82) is 0 Å². The van der Waals surface area contributed by atoms with Crippen LogP contribution in [0.3, 0.4) is 0 Å². The molecule has 160 valence electrons. The van der Waals surface area contributed by atoms with Gasteiger partial charge in [0.05, 0.1) is 16.9 Å². The van der Waals surface area contributed by atoms with Crippen LogP contribution in [0.25, 0.3) is 0 Å². The Morgan fingerprint density at radius 3 is 2.55 bits per heavy atom. The van der Waals surface area contributed by atoms with Gasteiger partial charge in [0.1, 0.15) is 6.54 Å². The summed E-state index contributed by atoms with van der Waals surface area (Å²) in [5.74, 6) is -0.631. The molecule has 0 spiro atoms. The van der Waals surface area contributed by atoms with Gasteiger partial charge in [-0.1, -0.05) is 41.9 Å². The fourth-order valence-corrected chi connectivity index (χ4v) is 6.48. The molecule has 31 heavy (non-hydrogen) atoms. The van der Waals surface area contributed by atoms with Crippen molar-refractivity contribution in [2.75, 3.05) is 11.9 Å². The molecule has 7 heteroatoms. The number of likely N-dealkylation sites (tertiary alicyclic amines) is 1. The van der Waals surface area contributed by atoms with E-state index in [1.807, 2.05) is 18.2 Å². The minimum Gasteiger partial charge on any atom is -0.324 e. The van der Waals surface area contributed by atoms with Gasteiger partial charge in [0.25, 0.3) is 0 Å². The summed E-state index contributed by atoms with van der Waals surface area (Å²) in [7, 11) is 0. The summed E-state index contributed by atoms with van der Waals surface area (Å²) in [6.07, 6.45) is 1.86. The third-order valence-electron chi connectivity index (χ3n) is 7.25. The van der Waals surface area contributed by atoms with Gasteiger partial charge in [-0.05, 0) is 76.7 Å². The van der Waals surface area contributed by atoms with Crippen molar-refractivity contribution >= 4 is 50.9 Å². The molecule has 5 atom stereocenters. The number of benzene rings is 2. The van der Waals surface area contributed by atoms with E-state index in [1.165, 1.54) is 10.5 Å². The van der Waals surface area contributed by atoms with Crippen molar-refractivity contribution in [1.82, 2.24) is 4.90 Å². The molecule has 3 aliphatic rings. The van der Waals surface area contributed by atoms with E-state index in [9.17, 15) is 14.4 Å². The van der Waals surface area contributed by atoms with Crippen LogP contribution >= 0.6 is 27.5 Å². The fourth-order valence-electron chi connectivity index (χ4n) is 5.88. The molecule has 3 fully saturated rings. The summed E-state index contributed by atoms with van der Waals surface area (Å²) in [4.78, 5) is 40.2. The molecule has 5 rings (SSSR count). The van der Waals surface area contributed by atoms with Gasteiger partial charge in [-0.2, -0.15) is 0 Å². The predicted octanol–water partition coefficient (Wildman–Crippen LogP) is 4.77. The highest BCUT2D eigenvalue weighted by atomic mass is 79.9. The number of nitrogens with one attached hydrogen (secondary N) is 1. The smallest absolute Gasteiger partial charge is 0.244 e. The van der Waals surface area contributed by atoms with Crippen molar-refractivity contribution in [3.8, 4) is 0 Å². The number of hydrogen-bond donors (Lipinski definition) is 1. The predicted molar refractivity (Wildman–Crippen MR) is 122 cm³/mol. The molecule has 2 aromatic carbocycles. The van der Waals surface area contributed by atoms with Crippen LogP contribution in [0, 0.1) is 30.6 Å². The van der Waals surface area contributed by atoms with Crippen molar-refractivity contribution in [2.24, 2.45) is 23.7 Å². The summed E-state index contributed by atoms with van der Waals surface area (Å²) in [5, 5.41) is 3.31. The van der Waals surface area contributed by atoms with Gasteiger partial charge in [0.2, 0.25) is 17.7 Å². The van der Waals surface area contributed by atoms with E-state index in [4.69, 9.17) is 11.6 Å². The molecule has 3 amide bonds. The van der Waals surface area contributed by atoms with Gasteiger partial charge in [-0.3, -0.25) is 19.3 Å². The zero-order valence-corrected chi connectivity index (χ0v) is 19.3. The number of anilines is 1. The Kier molecular flexibility index (Phi) is 5.18. The molecular weight excluding hydrogens is 480 g/mol. The SMILES string of the molecule is Cc1c(NC(=O)CN2C(=O)[C@H]3[C@H]4C[C@@H]([C@@H]3C2=O)[C@H](c2ccccc2)C4)ccc(Br)c1Cl. The molecule has 2 aromatic rings. The summed E-state index contributed by atoms with van der Waals surface area (Å²) < 4.78 is 0.742. The van der Waals surface area contributed by atoms with E-state index in [0.717, 1.165) is 22.9 Å². The quantitative estimate of drug-likeness (QED) is 0.614. The first kappa shape index (κ1) is 20.7. The third-order valence-corrected chi connectivity index (χ3v) is 8.63. The van der Waals surface area contributed by atoms with Crippen LogP contribution in [0.4, 0.5) is 5.69 Å². The van der Waals surface area contributed by atoms with Gasteiger partial charge in [0.15, 0.2) is 0 Å². The lowest BCUT2D eigenvalue weighted by molar-refractivity contribution is -0.143. The van der Waals surface area contributed by atoms with Gasteiger partial charge >= 0.3 is 0 Å². The molecule has 5 nitrogen and oxygen atoms in total. The van der Waals surface area contributed by atoms with E-state index >= 15 is 0 Å². The minimum absolute atomic E-state index is 0.175. The molecule has 2 bridgehead atoms. The number of imide groups is 1. The topological polar surface area (TPSA) is 66.5 Å². The van der Waals surface area contributed by atoms with E-state index in [-0.39, 0.29) is 42.0 Å². The lowest BCUT2D eigenvalue weighted by Gasteiger charge is -2.28. The number of carbonyl (C=O) groups is 3. The molecule has 2 aliphatic carbocycles. The van der Waals surface area contributed by atoms with Crippen LogP contribution < -0.4 is 5.32 Å². The number of halogens is 2. The summed E-state index contributed by atoms with van der Waals surface area (Å²) in [5.41, 5.74) is 2.54. The molecule has 0 radical (unpaired) electrons. The van der Waals surface area contributed by atoms with Crippen LogP contribution in [-0.4, -0.2) is 29.2 Å².